The summed E-state index contributed by atoms with van der Waals surface area (Å²) in [5.74, 6) is 0.178. The Hall–Kier alpha value is -3.28. The number of nitrogens with zero attached hydrogens (tertiary/aromatic N) is 2. The van der Waals surface area contributed by atoms with Crippen molar-refractivity contribution in [2.24, 2.45) is 0 Å². The molecule has 0 aliphatic heterocycles. The number of rotatable bonds is 3. The van der Waals surface area contributed by atoms with Gasteiger partial charge in [0.15, 0.2) is 0 Å². The van der Waals surface area contributed by atoms with E-state index in [0.29, 0.717) is 11.1 Å². The molecular formula is C25H14F3IrN2O-. The average molecular weight is 608 g/mol. The van der Waals surface area contributed by atoms with Crippen LogP contribution in [-0.4, -0.2) is 10.2 Å². The summed E-state index contributed by atoms with van der Waals surface area (Å²) in [4.78, 5) is 0. The Labute approximate surface area is 195 Å². The van der Waals surface area contributed by atoms with Gasteiger partial charge in [-0.25, -0.2) is 0 Å². The quantitative estimate of drug-likeness (QED) is 0.163. The van der Waals surface area contributed by atoms with Crippen LogP contribution in [0, 0.1) is 6.07 Å². The molecule has 0 N–H and O–H groups in total. The maximum Gasteiger partial charge on any atom is 0.416 e. The van der Waals surface area contributed by atoms with Crippen LogP contribution in [0.25, 0.3) is 32.8 Å². The van der Waals surface area contributed by atoms with Crippen molar-refractivity contribution in [2.75, 3.05) is 0 Å². The summed E-state index contributed by atoms with van der Waals surface area (Å²) in [5, 5.41) is 11.9. The molecule has 3 nitrogen and oxygen atoms in total. The van der Waals surface area contributed by atoms with E-state index in [-0.39, 0.29) is 31.7 Å². The molecule has 0 amide bonds. The fourth-order valence-electron chi connectivity index (χ4n) is 3.48. The Morgan fingerprint density at radius 1 is 0.750 bits per heavy atom. The number of halogens is 3. The third kappa shape index (κ3) is 4.22. The average Bonchev–Trinajstić information content (AvgIpc) is 2.78. The van der Waals surface area contributed by atoms with Crippen LogP contribution >= 0.6 is 0 Å². The van der Waals surface area contributed by atoms with Gasteiger partial charge < -0.3 is 4.74 Å². The van der Waals surface area contributed by atoms with Crippen LogP contribution in [0.1, 0.15) is 5.56 Å². The second kappa shape index (κ2) is 8.69. The van der Waals surface area contributed by atoms with Crippen molar-refractivity contribution < 1.29 is 38.0 Å². The van der Waals surface area contributed by atoms with E-state index in [1.54, 1.807) is 6.07 Å². The zero-order valence-corrected chi connectivity index (χ0v) is 18.7. The Balaban J connectivity index is 0.00000245. The molecule has 5 aromatic rings. The molecule has 0 bridgehead atoms. The predicted octanol–water partition coefficient (Wildman–Crippen LogP) is 7.06. The number of ether oxygens (including phenoxy) is 1. The van der Waals surface area contributed by atoms with Crippen molar-refractivity contribution in [3.63, 3.8) is 0 Å². The predicted molar refractivity (Wildman–Crippen MR) is 113 cm³/mol. The summed E-state index contributed by atoms with van der Waals surface area (Å²) in [6.07, 6.45) is -4.46. The molecule has 32 heavy (non-hydrogen) atoms. The van der Waals surface area contributed by atoms with Crippen LogP contribution in [0.4, 0.5) is 13.2 Å². The van der Waals surface area contributed by atoms with Gasteiger partial charge >= 0.3 is 6.18 Å². The summed E-state index contributed by atoms with van der Waals surface area (Å²) in [7, 11) is 0. The number of aromatic nitrogens is 2. The molecule has 5 rings (SSSR count). The number of benzene rings is 4. The fraction of sp³-hybridized carbons (Fsp3) is 0.0400. The monoisotopic (exact) mass is 608 g/mol. The second-order valence-corrected chi connectivity index (χ2v) is 7.00. The first-order chi connectivity index (χ1) is 15.0. The molecule has 1 heterocycles. The Morgan fingerprint density at radius 3 is 2.16 bits per heavy atom. The van der Waals surface area contributed by atoms with Crippen molar-refractivity contribution in [3.8, 4) is 22.9 Å². The molecule has 0 aliphatic carbocycles. The van der Waals surface area contributed by atoms with Gasteiger partial charge in [-0.3, -0.25) is 0 Å². The normalized spacial score (nSPS) is 11.3. The van der Waals surface area contributed by atoms with Crippen molar-refractivity contribution in [1.29, 1.82) is 0 Å². The number of alkyl halides is 3. The van der Waals surface area contributed by atoms with Crippen molar-refractivity contribution >= 4 is 21.5 Å². The standard InChI is InChI=1S/C25H14F3N2O.Ir/c26-25(27,28)19-11-6-12-20(15-19)31-24-22-14-18-10-5-4-9-17(18)13-21(22)23(29-30-24)16-7-2-1-3-8-16;/h1-7,9-15H;/q-1;. The summed E-state index contributed by atoms with van der Waals surface area (Å²) in [6.45, 7) is 0. The van der Waals surface area contributed by atoms with Crippen molar-refractivity contribution in [2.45, 2.75) is 6.18 Å². The van der Waals surface area contributed by atoms with E-state index >= 15 is 0 Å². The van der Waals surface area contributed by atoms with Gasteiger partial charge in [-0.1, -0.05) is 36.4 Å². The van der Waals surface area contributed by atoms with E-state index < -0.39 is 11.7 Å². The first-order valence-corrected chi connectivity index (χ1v) is 9.50. The summed E-state index contributed by atoms with van der Waals surface area (Å²) < 4.78 is 45.0. The molecule has 0 fully saturated rings. The van der Waals surface area contributed by atoms with Crippen molar-refractivity contribution in [1.82, 2.24) is 10.2 Å². The van der Waals surface area contributed by atoms with Gasteiger partial charge in [0.2, 0.25) is 5.88 Å². The molecule has 7 heteroatoms. The van der Waals surface area contributed by atoms with Gasteiger partial charge in [0.1, 0.15) is 5.75 Å². The molecule has 0 saturated carbocycles. The molecule has 1 radical (unpaired) electrons. The molecule has 4 aromatic carbocycles. The van der Waals surface area contributed by atoms with E-state index in [1.807, 2.05) is 54.6 Å². The first-order valence-electron chi connectivity index (χ1n) is 9.50. The first kappa shape index (κ1) is 21.9. The minimum Gasteiger partial charge on any atom is -0.437 e. The van der Waals surface area contributed by atoms with E-state index in [1.165, 1.54) is 12.1 Å². The van der Waals surface area contributed by atoms with Crippen LogP contribution in [0.3, 0.4) is 0 Å². The van der Waals surface area contributed by atoms with Crippen LogP contribution < -0.4 is 4.74 Å². The Bertz CT molecular complexity index is 1410. The zero-order valence-electron chi connectivity index (χ0n) is 16.4. The van der Waals surface area contributed by atoms with E-state index in [9.17, 15) is 13.2 Å². The van der Waals surface area contributed by atoms with Crippen LogP contribution in [0.15, 0.2) is 84.9 Å². The van der Waals surface area contributed by atoms with E-state index in [4.69, 9.17) is 4.74 Å². The molecule has 0 atom stereocenters. The van der Waals surface area contributed by atoms with Gasteiger partial charge in [-0.15, -0.1) is 41.0 Å². The SMILES string of the molecule is FC(F)(F)c1cccc(Oc2nnc(-c3[c-]cccc3)c3cc4ccccc4cc23)c1.[Ir]. The van der Waals surface area contributed by atoms with E-state index in [0.717, 1.165) is 33.9 Å². The Kier molecular flexibility index (Phi) is 5.96. The van der Waals surface area contributed by atoms with Gasteiger partial charge in [0.05, 0.1) is 5.56 Å². The van der Waals surface area contributed by atoms with Gasteiger partial charge in [0, 0.05) is 31.2 Å². The van der Waals surface area contributed by atoms with Gasteiger partial charge in [0.25, 0.3) is 0 Å². The van der Waals surface area contributed by atoms with Crippen LogP contribution in [0.5, 0.6) is 11.6 Å². The van der Waals surface area contributed by atoms with Gasteiger partial charge in [-0.2, -0.15) is 18.3 Å². The second-order valence-electron chi connectivity index (χ2n) is 7.00. The minimum atomic E-state index is -4.46. The topological polar surface area (TPSA) is 35.0 Å². The maximum atomic E-state index is 13.1. The van der Waals surface area contributed by atoms with E-state index in [2.05, 4.69) is 16.3 Å². The minimum absolute atomic E-state index is 0. The Morgan fingerprint density at radius 2 is 1.47 bits per heavy atom. The largest absolute Gasteiger partial charge is 0.437 e. The number of hydrogen-bond donors (Lipinski definition) is 0. The number of fused-ring (bicyclic) bond motifs is 2. The number of hydrogen-bond acceptors (Lipinski definition) is 3. The molecule has 0 unspecified atom stereocenters. The van der Waals surface area contributed by atoms with Crippen LogP contribution in [-0.2, 0) is 26.3 Å². The summed E-state index contributed by atoms with van der Waals surface area (Å²) in [5.41, 5.74) is 0.599. The molecule has 0 saturated heterocycles. The molecule has 161 valence electrons. The van der Waals surface area contributed by atoms with Crippen LogP contribution in [0.2, 0.25) is 0 Å². The third-order valence-corrected chi connectivity index (χ3v) is 4.95. The zero-order chi connectivity index (χ0) is 21.4. The third-order valence-electron chi connectivity index (χ3n) is 4.95. The molecular weight excluding hydrogens is 593 g/mol. The summed E-state index contributed by atoms with van der Waals surface area (Å²) in [6, 6.07) is 27.0. The smallest absolute Gasteiger partial charge is 0.416 e. The maximum absolute atomic E-state index is 13.1. The van der Waals surface area contributed by atoms with Gasteiger partial charge in [-0.05, 0) is 40.4 Å². The summed E-state index contributed by atoms with van der Waals surface area (Å²) >= 11 is 0. The fourth-order valence-corrected chi connectivity index (χ4v) is 3.48. The molecule has 0 spiro atoms. The molecule has 0 aliphatic rings. The molecule has 1 aromatic heterocycles. The van der Waals surface area contributed by atoms with Crippen molar-refractivity contribution in [3.05, 3.63) is 96.6 Å².